The topological polar surface area (TPSA) is 56.1 Å². The zero-order chi connectivity index (χ0) is 13.4. The summed E-state index contributed by atoms with van der Waals surface area (Å²) in [6, 6.07) is 0.188. The van der Waals surface area contributed by atoms with Gasteiger partial charge in [0.2, 0.25) is 5.95 Å². The maximum Gasteiger partial charge on any atom is 0.203 e. The Labute approximate surface area is 111 Å². The molecule has 2 unspecified atom stereocenters. The highest BCUT2D eigenvalue weighted by molar-refractivity contribution is 7.84. The van der Waals surface area contributed by atoms with Crippen LogP contribution < -0.4 is 5.32 Å². The normalized spacial score (nSPS) is 14.4. The first-order valence-electron chi connectivity index (χ1n) is 6.29. The molecule has 18 heavy (non-hydrogen) atoms. The van der Waals surface area contributed by atoms with Gasteiger partial charge >= 0.3 is 0 Å². The Morgan fingerprint density at radius 1 is 1.61 bits per heavy atom. The Balaban J connectivity index is 2.41. The molecule has 0 bridgehead atoms. The lowest BCUT2D eigenvalue weighted by Crippen LogP contribution is -2.16. The van der Waals surface area contributed by atoms with E-state index in [0.717, 1.165) is 32.1 Å². The minimum Gasteiger partial charge on any atom is -0.382 e. The van der Waals surface area contributed by atoms with Crippen molar-refractivity contribution in [3.63, 3.8) is 0 Å². The summed E-state index contributed by atoms with van der Waals surface area (Å²) in [7, 11) is -0.795. The van der Waals surface area contributed by atoms with Crippen molar-refractivity contribution in [2.24, 2.45) is 0 Å². The molecule has 0 aromatic carbocycles. The Morgan fingerprint density at radius 3 is 3.06 bits per heavy atom. The molecule has 6 heteroatoms. The number of hydrogen-bond donors (Lipinski definition) is 1. The maximum atomic E-state index is 11.2. The van der Waals surface area contributed by atoms with Crippen LogP contribution in [0.25, 0.3) is 0 Å². The van der Waals surface area contributed by atoms with Crippen LogP contribution in [0.1, 0.15) is 26.3 Å². The number of nitrogens with one attached hydrogen (secondary N) is 1. The predicted molar refractivity (Wildman–Crippen MR) is 75.5 cm³/mol. The van der Waals surface area contributed by atoms with Gasteiger partial charge in [-0.3, -0.25) is 4.21 Å². The van der Waals surface area contributed by atoms with Crippen LogP contribution in [-0.2, 0) is 15.5 Å². The quantitative estimate of drug-likeness (QED) is 0.695. The van der Waals surface area contributed by atoms with Crippen LogP contribution in [0.3, 0.4) is 0 Å². The minimum absolute atomic E-state index is 0.188. The number of rotatable bonds is 9. The highest BCUT2D eigenvalue weighted by Crippen LogP contribution is 2.14. The van der Waals surface area contributed by atoms with Crippen molar-refractivity contribution < 1.29 is 8.95 Å². The van der Waals surface area contributed by atoms with Gasteiger partial charge in [0.25, 0.3) is 0 Å². The molecule has 104 valence electrons. The third kappa shape index (κ3) is 5.18. The molecule has 1 aromatic heterocycles. The van der Waals surface area contributed by atoms with Gasteiger partial charge in [0.05, 0.1) is 0 Å². The van der Waals surface area contributed by atoms with Crippen LogP contribution >= 0.6 is 0 Å². The summed E-state index contributed by atoms with van der Waals surface area (Å²) in [6.45, 7) is 6.40. The number of nitrogens with zero attached hydrogens (tertiary/aromatic N) is 2. The van der Waals surface area contributed by atoms with Crippen LogP contribution in [0.5, 0.6) is 0 Å². The lowest BCUT2D eigenvalue weighted by atomic mass is 10.4. The van der Waals surface area contributed by atoms with Gasteiger partial charge in [-0.1, -0.05) is 0 Å². The van der Waals surface area contributed by atoms with Crippen molar-refractivity contribution >= 4 is 16.7 Å². The molecular weight excluding hydrogens is 250 g/mol. The van der Waals surface area contributed by atoms with Gasteiger partial charge in [0.1, 0.15) is 0 Å². The number of imidazole rings is 1. The zero-order valence-corrected chi connectivity index (χ0v) is 12.2. The van der Waals surface area contributed by atoms with Gasteiger partial charge in [0, 0.05) is 61.0 Å². The van der Waals surface area contributed by atoms with Crippen LogP contribution in [0.4, 0.5) is 5.95 Å². The molecule has 2 atom stereocenters. The molecule has 0 spiro atoms. The molecule has 0 aliphatic heterocycles. The van der Waals surface area contributed by atoms with E-state index < -0.39 is 10.8 Å². The summed E-state index contributed by atoms with van der Waals surface area (Å²) in [6.07, 6.45) is 6.36. The van der Waals surface area contributed by atoms with E-state index in [4.69, 9.17) is 4.74 Å². The molecule has 1 aromatic rings. The molecule has 1 heterocycles. The largest absolute Gasteiger partial charge is 0.382 e. The molecule has 0 radical (unpaired) electrons. The summed E-state index contributed by atoms with van der Waals surface area (Å²) >= 11 is 0. The van der Waals surface area contributed by atoms with Crippen LogP contribution in [0.15, 0.2) is 12.4 Å². The minimum atomic E-state index is -0.795. The monoisotopic (exact) mass is 273 g/mol. The van der Waals surface area contributed by atoms with E-state index in [-0.39, 0.29) is 6.04 Å². The summed E-state index contributed by atoms with van der Waals surface area (Å²) in [5.74, 6) is 1.48. The number of ether oxygens (including phenoxy) is 1. The first kappa shape index (κ1) is 15.2. The van der Waals surface area contributed by atoms with Crippen molar-refractivity contribution in [2.45, 2.75) is 26.3 Å². The van der Waals surface area contributed by atoms with E-state index >= 15 is 0 Å². The van der Waals surface area contributed by atoms with Gasteiger partial charge in [-0.05, 0) is 20.3 Å². The van der Waals surface area contributed by atoms with Crippen LogP contribution in [-0.4, -0.2) is 45.5 Å². The predicted octanol–water partition coefficient (Wildman–Crippen LogP) is 1.66. The second-order valence-corrected chi connectivity index (χ2v) is 5.70. The van der Waals surface area contributed by atoms with E-state index in [1.54, 1.807) is 12.5 Å². The first-order valence-corrected chi connectivity index (χ1v) is 8.02. The fourth-order valence-corrected chi connectivity index (χ4v) is 2.58. The Bertz CT molecular complexity index is 368. The summed E-state index contributed by atoms with van der Waals surface area (Å²) in [5.41, 5.74) is 0. The Morgan fingerprint density at radius 2 is 2.39 bits per heavy atom. The SMILES string of the molecule is CCOCCCNc1nccn1C(C)CS(C)=O. The van der Waals surface area contributed by atoms with Gasteiger partial charge in [-0.2, -0.15) is 0 Å². The highest BCUT2D eigenvalue weighted by Gasteiger charge is 2.10. The standard InChI is InChI=1S/C12H23N3O2S/c1-4-17-9-5-6-13-12-14-7-8-15(12)11(2)10-18(3)16/h7-8,11H,4-6,9-10H2,1-3H3,(H,13,14). The third-order valence-corrected chi connectivity index (χ3v) is 3.52. The molecule has 1 N–H and O–H groups in total. The number of hydrogen-bond acceptors (Lipinski definition) is 4. The Hall–Kier alpha value is -0.880. The van der Waals surface area contributed by atoms with E-state index in [2.05, 4.69) is 17.2 Å². The van der Waals surface area contributed by atoms with Gasteiger partial charge in [-0.15, -0.1) is 0 Å². The summed E-state index contributed by atoms with van der Waals surface area (Å²) in [4.78, 5) is 4.27. The molecule has 1 rings (SSSR count). The molecule has 0 aliphatic rings. The highest BCUT2D eigenvalue weighted by atomic mass is 32.2. The molecular formula is C12H23N3O2S. The van der Waals surface area contributed by atoms with Gasteiger partial charge in [0.15, 0.2) is 0 Å². The second kappa shape index (κ2) is 8.26. The van der Waals surface area contributed by atoms with E-state index in [1.807, 2.05) is 17.7 Å². The maximum absolute atomic E-state index is 11.2. The molecule has 0 amide bonds. The van der Waals surface area contributed by atoms with Crippen molar-refractivity contribution in [1.82, 2.24) is 9.55 Å². The molecule has 0 fully saturated rings. The van der Waals surface area contributed by atoms with Gasteiger partial charge < -0.3 is 14.6 Å². The second-order valence-electron chi connectivity index (χ2n) is 4.22. The first-order chi connectivity index (χ1) is 8.65. The van der Waals surface area contributed by atoms with Crippen molar-refractivity contribution in [1.29, 1.82) is 0 Å². The number of aromatic nitrogens is 2. The average Bonchev–Trinajstić information content (AvgIpc) is 2.76. The van der Waals surface area contributed by atoms with Crippen molar-refractivity contribution in [3.05, 3.63) is 12.4 Å². The van der Waals surface area contributed by atoms with Gasteiger partial charge in [-0.25, -0.2) is 4.98 Å². The fraction of sp³-hybridized carbons (Fsp3) is 0.750. The molecule has 0 aliphatic carbocycles. The van der Waals surface area contributed by atoms with Crippen LogP contribution in [0, 0.1) is 0 Å². The summed E-state index contributed by atoms with van der Waals surface area (Å²) < 4.78 is 18.5. The Kier molecular flexibility index (Phi) is 6.97. The lowest BCUT2D eigenvalue weighted by Gasteiger charge is -2.15. The smallest absolute Gasteiger partial charge is 0.203 e. The average molecular weight is 273 g/mol. The third-order valence-electron chi connectivity index (χ3n) is 2.57. The zero-order valence-electron chi connectivity index (χ0n) is 11.4. The lowest BCUT2D eigenvalue weighted by molar-refractivity contribution is 0.147. The van der Waals surface area contributed by atoms with Crippen LogP contribution in [0.2, 0.25) is 0 Å². The molecule has 0 saturated heterocycles. The van der Waals surface area contributed by atoms with E-state index in [9.17, 15) is 4.21 Å². The van der Waals surface area contributed by atoms with E-state index in [0.29, 0.717) is 5.75 Å². The van der Waals surface area contributed by atoms with E-state index in [1.165, 1.54) is 0 Å². The fourth-order valence-electron chi connectivity index (χ4n) is 1.74. The van der Waals surface area contributed by atoms with Crippen molar-refractivity contribution in [3.8, 4) is 0 Å². The number of anilines is 1. The molecule has 0 saturated carbocycles. The summed E-state index contributed by atoms with van der Waals surface area (Å²) in [5, 5.41) is 3.28. The molecule has 5 nitrogen and oxygen atoms in total. The van der Waals surface area contributed by atoms with Crippen molar-refractivity contribution in [2.75, 3.05) is 37.1 Å².